The molecule has 7 heteroatoms. The van der Waals surface area contributed by atoms with Gasteiger partial charge < -0.3 is 10.1 Å². The summed E-state index contributed by atoms with van der Waals surface area (Å²) in [7, 11) is 0. The van der Waals surface area contributed by atoms with Crippen LogP contribution < -0.4 is 10.6 Å². The van der Waals surface area contributed by atoms with Crippen LogP contribution in [0.15, 0.2) is 6.20 Å². The molecular formula is C10H16N4O2S. The Bertz CT molecular complexity index is 403. The Morgan fingerprint density at radius 2 is 2.35 bits per heavy atom. The molecule has 0 aliphatic heterocycles. The summed E-state index contributed by atoms with van der Waals surface area (Å²) in [6.45, 7) is 6.10. The van der Waals surface area contributed by atoms with Crippen molar-refractivity contribution in [1.29, 1.82) is 0 Å². The summed E-state index contributed by atoms with van der Waals surface area (Å²) < 4.78 is 4.71. The highest BCUT2D eigenvalue weighted by atomic mass is 32.1. The van der Waals surface area contributed by atoms with Crippen LogP contribution in [-0.4, -0.2) is 28.0 Å². The van der Waals surface area contributed by atoms with Crippen molar-refractivity contribution < 1.29 is 9.53 Å². The number of rotatable bonds is 3. The highest BCUT2D eigenvalue weighted by Gasteiger charge is 2.11. The van der Waals surface area contributed by atoms with E-state index in [0.717, 1.165) is 5.56 Å². The van der Waals surface area contributed by atoms with E-state index in [-0.39, 0.29) is 5.11 Å². The molecule has 6 nitrogen and oxygen atoms in total. The molecule has 1 aromatic rings. The molecule has 0 fully saturated rings. The number of aromatic amines is 1. The van der Waals surface area contributed by atoms with E-state index in [9.17, 15) is 4.79 Å². The van der Waals surface area contributed by atoms with Crippen molar-refractivity contribution in [1.82, 2.24) is 15.5 Å². The van der Waals surface area contributed by atoms with E-state index < -0.39 is 6.09 Å². The molecule has 1 rings (SSSR count). The first-order chi connectivity index (χ1) is 8.04. The van der Waals surface area contributed by atoms with Crippen molar-refractivity contribution in [3.05, 3.63) is 11.8 Å². The maximum absolute atomic E-state index is 11.1. The molecule has 0 aliphatic rings. The van der Waals surface area contributed by atoms with Crippen molar-refractivity contribution in [2.24, 2.45) is 0 Å². The van der Waals surface area contributed by atoms with Gasteiger partial charge in [-0.2, -0.15) is 5.10 Å². The number of nitrogens with one attached hydrogen (secondary N) is 3. The minimum atomic E-state index is -0.574. The van der Waals surface area contributed by atoms with Crippen LogP contribution in [0.5, 0.6) is 0 Å². The van der Waals surface area contributed by atoms with Gasteiger partial charge in [0, 0.05) is 5.56 Å². The third kappa shape index (κ3) is 4.03. The molecule has 0 atom stereocenters. The molecule has 0 spiro atoms. The lowest BCUT2D eigenvalue weighted by Gasteiger charge is -2.10. The van der Waals surface area contributed by atoms with E-state index in [1.54, 1.807) is 13.1 Å². The fraction of sp³-hybridized carbons (Fsp3) is 0.500. The smallest absolute Gasteiger partial charge is 0.413 e. The highest BCUT2D eigenvalue weighted by molar-refractivity contribution is 7.80. The third-order valence-electron chi connectivity index (χ3n) is 2.02. The van der Waals surface area contributed by atoms with E-state index >= 15 is 0 Å². The Balaban J connectivity index is 2.56. The van der Waals surface area contributed by atoms with Crippen molar-refractivity contribution in [3.8, 4) is 0 Å². The molecule has 0 saturated heterocycles. The number of nitrogens with zero attached hydrogens (tertiary/aromatic N) is 1. The number of ether oxygens (including phenoxy) is 1. The Morgan fingerprint density at radius 1 is 1.65 bits per heavy atom. The average Bonchev–Trinajstić information content (AvgIpc) is 2.65. The van der Waals surface area contributed by atoms with Gasteiger partial charge in [-0.3, -0.25) is 10.4 Å². The SMILES string of the molecule is CCOC(=O)NC(=S)Nc1[nH]ncc1C(C)C. The van der Waals surface area contributed by atoms with Gasteiger partial charge in [-0.05, 0) is 25.1 Å². The highest BCUT2D eigenvalue weighted by Crippen LogP contribution is 2.20. The fourth-order valence-corrected chi connectivity index (χ4v) is 1.42. The largest absolute Gasteiger partial charge is 0.450 e. The van der Waals surface area contributed by atoms with Gasteiger partial charge >= 0.3 is 6.09 Å². The lowest BCUT2D eigenvalue weighted by molar-refractivity contribution is 0.158. The second-order valence-corrected chi connectivity index (χ2v) is 4.06. The van der Waals surface area contributed by atoms with Crippen LogP contribution in [0, 0.1) is 0 Å². The van der Waals surface area contributed by atoms with Crippen LogP contribution in [0.1, 0.15) is 32.3 Å². The monoisotopic (exact) mass is 256 g/mol. The lowest BCUT2D eigenvalue weighted by atomic mass is 10.1. The topological polar surface area (TPSA) is 79.0 Å². The molecule has 1 amide bonds. The number of amides is 1. The third-order valence-corrected chi connectivity index (χ3v) is 2.22. The van der Waals surface area contributed by atoms with Gasteiger partial charge in [-0.25, -0.2) is 4.79 Å². The zero-order valence-corrected chi connectivity index (χ0v) is 10.9. The number of carbonyl (C=O) groups excluding carboxylic acids is 1. The minimum Gasteiger partial charge on any atom is -0.450 e. The minimum absolute atomic E-state index is 0.176. The average molecular weight is 256 g/mol. The van der Waals surface area contributed by atoms with Gasteiger partial charge in [0.05, 0.1) is 12.8 Å². The van der Waals surface area contributed by atoms with Crippen molar-refractivity contribution in [2.75, 3.05) is 11.9 Å². The molecule has 0 bridgehead atoms. The molecule has 1 heterocycles. The quantitative estimate of drug-likeness (QED) is 0.721. The van der Waals surface area contributed by atoms with Crippen LogP contribution >= 0.6 is 12.2 Å². The summed E-state index contributed by atoms with van der Waals surface area (Å²) in [5, 5.41) is 12.1. The Kier molecular flexibility index (Phi) is 4.89. The number of alkyl carbamates (subject to hydrolysis) is 1. The molecule has 17 heavy (non-hydrogen) atoms. The second kappa shape index (κ2) is 6.19. The zero-order chi connectivity index (χ0) is 12.8. The molecule has 0 radical (unpaired) electrons. The number of carbonyl (C=O) groups is 1. The molecule has 0 aliphatic carbocycles. The van der Waals surface area contributed by atoms with E-state index in [1.807, 2.05) is 13.8 Å². The lowest BCUT2D eigenvalue weighted by Crippen LogP contribution is -2.34. The van der Waals surface area contributed by atoms with Crippen LogP contribution in [-0.2, 0) is 4.74 Å². The van der Waals surface area contributed by atoms with Gasteiger partial charge in [0.25, 0.3) is 0 Å². The van der Waals surface area contributed by atoms with Crippen molar-refractivity contribution >= 4 is 29.2 Å². The van der Waals surface area contributed by atoms with Crippen LogP contribution in [0.25, 0.3) is 0 Å². The normalized spacial score (nSPS) is 10.1. The van der Waals surface area contributed by atoms with Crippen LogP contribution in [0.4, 0.5) is 10.6 Å². The standard InChI is InChI=1S/C10H16N4O2S/c1-4-16-10(15)13-9(17)12-8-7(6(2)3)5-11-14-8/h5-6H,4H2,1-3H3,(H3,11,12,13,14,15,17). The van der Waals surface area contributed by atoms with Gasteiger partial charge in [0.15, 0.2) is 5.11 Å². The summed E-state index contributed by atoms with van der Waals surface area (Å²) in [4.78, 5) is 11.1. The van der Waals surface area contributed by atoms with Crippen molar-refractivity contribution in [2.45, 2.75) is 26.7 Å². The molecular weight excluding hydrogens is 240 g/mol. The Morgan fingerprint density at radius 3 is 2.94 bits per heavy atom. The van der Waals surface area contributed by atoms with Gasteiger partial charge in [0.1, 0.15) is 5.82 Å². The zero-order valence-electron chi connectivity index (χ0n) is 10.0. The number of aromatic nitrogens is 2. The molecule has 3 N–H and O–H groups in total. The van der Waals surface area contributed by atoms with Gasteiger partial charge in [0.2, 0.25) is 0 Å². The van der Waals surface area contributed by atoms with E-state index in [1.165, 1.54) is 0 Å². The van der Waals surface area contributed by atoms with Crippen LogP contribution in [0.3, 0.4) is 0 Å². The molecule has 94 valence electrons. The van der Waals surface area contributed by atoms with Gasteiger partial charge in [-0.15, -0.1) is 0 Å². The van der Waals surface area contributed by atoms with Crippen LogP contribution in [0.2, 0.25) is 0 Å². The number of H-pyrrole nitrogens is 1. The first-order valence-corrected chi connectivity index (χ1v) is 5.73. The van der Waals surface area contributed by atoms with E-state index in [2.05, 4.69) is 20.8 Å². The summed E-state index contributed by atoms with van der Waals surface area (Å²) in [6.07, 6.45) is 1.15. The van der Waals surface area contributed by atoms with E-state index in [4.69, 9.17) is 17.0 Å². The Labute approximate surface area is 105 Å². The number of anilines is 1. The van der Waals surface area contributed by atoms with Crippen molar-refractivity contribution in [3.63, 3.8) is 0 Å². The van der Waals surface area contributed by atoms with E-state index in [0.29, 0.717) is 18.3 Å². The Hall–Kier alpha value is -1.63. The number of thiocarbonyl (C=S) groups is 1. The number of hydrogen-bond acceptors (Lipinski definition) is 4. The number of hydrogen-bond donors (Lipinski definition) is 3. The molecule has 0 saturated carbocycles. The summed E-state index contributed by atoms with van der Waals surface area (Å²) >= 11 is 4.97. The first kappa shape index (κ1) is 13.4. The summed E-state index contributed by atoms with van der Waals surface area (Å²) in [5.74, 6) is 0.989. The fourth-order valence-electron chi connectivity index (χ4n) is 1.24. The summed E-state index contributed by atoms with van der Waals surface area (Å²) in [5.41, 5.74) is 0.998. The second-order valence-electron chi connectivity index (χ2n) is 3.65. The van der Waals surface area contributed by atoms with Gasteiger partial charge in [-0.1, -0.05) is 13.8 Å². The molecule has 1 aromatic heterocycles. The summed E-state index contributed by atoms with van der Waals surface area (Å²) in [6, 6.07) is 0. The molecule has 0 aromatic carbocycles. The first-order valence-electron chi connectivity index (χ1n) is 5.32. The maximum Gasteiger partial charge on any atom is 0.413 e. The maximum atomic E-state index is 11.1. The molecule has 0 unspecified atom stereocenters. The predicted molar refractivity (Wildman–Crippen MR) is 69.1 cm³/mol. The predicted octanol–water partition coefficient (Wildman–Crippen LogP) is 1.98.